The number of imide groups is 1. The van der Waals surface area contributed by atoms with Gasteiger partial charge in [0.25, 0.3) is 0 Å². The summed E-state index contributed by atoms with van der Waals surface area (Å²) in [4.78, 5) is 55.4. The first-order valence-corrected chi connectivity index (χ1v) is 14.5. The van der Waals surface area contributed by atoms with Gasteiger partial charge in [0.15, 0.2) is 11.6 Å². The Labute approximate surface area is 246 Å². The fourth-order valence-electron chi connectivity index (χ4n) is 6.82. The van der Waals surface area contributed by atoms with Gasteiger partial charge in [-0.15, -0.1) is 0 Å². The highest BCUT2D eigenvalue weighted by atomic mass is 79.9. The zero-order valence-electron chi connectivity index (χ0n) is 23.0. The molecule has 2 aromatic carbocycles. The van der Waals surface area contributed by atoms with E-state index in [1.165, 1.54) is 17.0 Å². The van der Waals surface area contributed by atoms with E-state index in [1.807, 2.05) is 57.2 Å². The number of phenolic OH excluding ortho intramolecular Hbond substituents is 1. The Bertz CT molecular complexity index is 1590. The fraction of sp³-hybridized carbons (Fsp3) is 0.333. The van der Waals surface area contributed by atoms with Crippen LogP contribution in [-0.2, 0) is 25.8 Å². The summed E-state index contributed by atoms with van der Waals surface area (Å²) in [7, 11) is 0. The fourth-order valence-corrected chi connectivity index (χ4v) is 7.27. The lowest BCUT2D eigenvalue weighted by Crippen LogP contribution is -2.46. The Kier molecular flexibility index (Phi) is 6.64. The number of phenols is 1. The molecular weight excluding hydrogens is 586 g/mol. The summed E-state index contributed by atoms with van der Waals surface area (Å²) in [6, 6.07) is 14.6. The van der Waals surface area contributed by atoms with Crippen molar-refractivity contribution in [2.75, 3.05) is 0 Å². The van der Waals surface area contributed by atoms with Gasteiger partial charge in [0.05, 0.1) is 16.3 Å². The van der Waals surface area contributed by atoms with Gasteiger partial charge >= 0.3 is 0 Å². The Morgan fingerprint density at radius 1 is 1.00 bits per heavy atom. The molecule has 41 heavy (non-hydrogen) atoms. The lowest BCUT2D eigenvalue weighted by molar-refractivity contribution is -0.145. The largest absolute Gasteiger partial charge is 0.507 e. The molecule has 0 spiro atoms. The predicted octanol–water partition coefficient (Wildman–Crippen LogP) is 5.53. The molecule has 0 aromatic heterocycles. The Hall–Kier alpha value is -3.78. The second-order valence-corrected chi connectivity index (χ2v) is 12.9. The molecule has 1 fully saturated rings. The highest BCUT2D eigenvalue weighted by Crippen LogP contribution is 2.56. The van der Waals surface area contributed by atoms with Gasteiger partial charge in [0, 0.05) is 40.3 Å². The zero-order chi connectivity index (χ0) is 29.2. The van der Waals surface area contributed by atoms with E-state index in [1.54, 1.807) is 12.1 Å². The molecule has 4 unspecified atom stereocenters. The summed E-state index contributed by atoms with van der Waals surface area (Å²) >= 11 is 3.24. The number of carbonyl (C=O) groups is 4. The molecule has 1 heterocycles. The van der Waals surface area contributed by atoms with Crippen molar-refractivity contribution in [3.8, 4) is 11.5 Å². The highest BCUT2D eigenvalue weighted by Gasteiger charge is 2.58. The maximum absolute atomic E-state index is 13.8. The number of ether oxygens (including phenoxy) is 1. The topological polar surface area (TPSA) is 101 Å². The Balaban J connectivity index is 1.42. The van der Waals surface area contributed by atoms with Crippen molar-refractivity contribution in [2.24, 2.45) is 17.8 Å². The maximum atomic E-state index is 13.8. The predicted molar refractivity (Wildman–Crippen MR) is 155 cm³/mol. The number of amides is 2. The van der Waals surface area contributed by atoms with Crippen LogP contribution in [0.1, 0.15) is 50.7 Å². The molecule has 1 aliphatic heterocycles. The molecule has 210 valence electrons. The van der Waals surface area contributed by atoms with Crippen LogP contribution in [0.15, 0.2) is 81.9 Å². The van der Waals surface area contributed by atoms with E-state index < -0.39 is 29.2 Å². The number of benzene rings is 2. The summed E-state index contributed by atoms with van der Waals surface area (Å²) in [5.74, 6) is -3.02. The van der Waals surface area contributed by atoms with Gasteiger partial charge in [0.1, 0.15) is 18.1 Å². The number of fused-ring (bicyclic) bond motifs is 3. The number of nitrogens with zero attached hydrogens (tertiary/aromatic N) is 1. The van der Waals surface area contributed by atoms with Crippen molar-refractivity contribution in [2.45, 2.75) is 51.7 Å². The minimum atomic E-state index is -0.729. The molecule has 8 heteroatoms. The number of carbonyl (C=O) groups excluding carboxylic acids is 4. The van der Waals surface area contributed by atoms with Crippen LogP contribution < -0.4 is 4.74 Å². The molecule has 7 nitrogen and oxygen atoms in total. The van der Waals surface area contributed by atoms with Gasteiger partial charge in [-0.25, -0.2) is 0 Å². The molecule has 2 amide bonds. The molecule has 2 aromatic rings. The van der Waals surface area contributed by atoms with Gasteiger partial charge < -0.3 is 9.84 Å². The first kappa shape index (κ1) is 27.4. The quantitative estimate of drug-likeness (QED) is 0.276. The minimum Gasteiger partial charge on any atom is -0.507 e. The normalized spacial score (nSPS) is 25.9. The highest BCUT2D eigenvalue weighted by molar-refractivity contribution is 9.12. The summed E-state index contributed by atoms with van der Waals surface area (Å²) in [6.07, 6.45) is 3.76. The molecule has 4 aliphatic rings. The van der Waals surface area contributed by atoms with E-state index in [0.29, 0.717) is 35.5 Å². The third-order valence-electron chi connectivity index (χ3n) is 8.56. The number of allylic oxidation sites excluding steroid dienone is 6. The van der Waals surface area contributed by atoms with E-state index >= 15 is 0 Å². The van der Waals surface area contributed by atoms with E-state index in [-0.39, 0.29) is 40.0 Å². The maximum Gasteiger partial charge on any atom is 0.234 e. The summed E-state index contributed by atoms with van der Waals surface area (Å²) < 4.78 is 6.06. The van der Waals surface area contributed by atoms with Crippen LogP contribution in [-0.4, -0.2) is 38.9 Å². The molecule has 3 aliphatic carbocycles. The number of rotatable bonds is 4. The molecule has 4 atom stereocenters. The SMILES string of the molecule is CC(C)(C)N1C(=O)C2CC=C3C(c4ccc(OCc5ccccc5)cc4O)C4=C(CC3C2C1=O)C(=O)C(Br)=CC4=O. The number of Topliss-reactive ketones (excluding diaryl/α,β-unsaturated/α-hetero) is 1. The second kappa shape index (κ2) is 9.94. The van der Waals surface area contributed by atoms with Gasteiger partial charge in [-0.05, 0) is 67.1 Å². The van der Waals surface area contributed by atoms with Crippen LogP contribution >= 0.6 is 15.9 Å². The summed E-state index contributed by atoms with van der Waals surface area (Å²) in [5, 5.41) is 11.3. The molecular formula is C33H30BrNO6. The zero-order valence-corrected chi connectivity index (χ0v) is 24.6. The van der Waals surface area contributed by atoms with Crippen LogP contribution in [0.4, 0.5) is 0 Å². The number of aromatic hydroxyl groups is 1. The number of ketones is 2. The van der Waals surface area contributed by atoms with Crippen LogP contribution in [0.2, 0.25) is 0 Å². The van der Waals surface area contributed by atoms with Crippen molar-refractivity contribution in [3.63, 3.8) is 0 Å². The van der Waals surface area contributed by atoms with E-state index in [2.05, 4.69) is 15.9 Å². The van der Waals surface area contributed by atoms with Gasteiger partial charge in [-0.3, -0.25) is 24.1 Å². The number of hydrogen-bond donors (Lipinski definition) is 1. The summed E-state index contributed by atoms with van der Waals surface area (Å²) in [5.41, 5.74) is 2.19. The van der Waals surface area contributed by atoms with E-state index in [9.17, 15) is 24.3 Å². The average molecular weight is 617 g/mol. The van der Waals surface area contributed by atoms with E-state index in [4.69, 9.17) is 4.74 Å². The first-order valence-electron chi connectivity index (χ1n) is 13.7. The average Bonchev–Trinajstić information content (AvgIpc) is 3.20. The first-order chi connectivity index (χ1) is 19.5. The lowest BCUT2D eigenvalue weighted by Gasteiger charge is -2.42. The molecule has 0 saturated carbocycles. The number of halogens is 1. The van der Waals surface area contributed by atoms with Crippen molar-refractivity contribution < 1.29 is 29.0 Å². The Morgan fingerprint density at radius 3 is 2.41 bits per heavy atom. The molecule has 6 rings (SSSR count). The molecule has 0 radical (unpaired) electrons. The third kappa shape index (κ3) is 4.49. The third-order valence-corrected chi connectivity index (χ3v) is 9.15. The standard InChI is InChI=1S/C33H30BrNO6/c1-33(2,3)35-31(39)21-12-11-19-22(28(21)32(35)40)14-23-29(26(37)15-24(34)30(23)38)27(19)20-10-9-18(13-25(20)36)41-16-17-7-5-4-6-8-17/h4-11,13,15,21-22,27-28,36H,12,14,16H2,1-3H3. The van der Waals surface area contributed by atoms with E-state index in [0.717, 1.165) is 11.1 Å². The monoisotopic (exact) mass is 615 g/mol. The van der Waals surface area contributed by atoms with Gasteiger partial charge in [-0.2, -0.15) is 0 Å². The van der Waals surface area contributed by atoms with Crippen LogP contribution in [0, 0.1) is 17.8 Å². The van der Waals surface area contributed by atoms with Crippen molar-refractivity contribution in [3.05, 3.63) is 93.0 Å². The molecule has 0 bridgehead atoms. The minimum absolute atomic E-state index is 0.0740. The van der Waals surface area contributed by atoms with Gasteiger partial charge in [0.2, 0.25) is 11.8 Å². The van der Waals surface area contributed by atoms with Crippen LogP contribution in [0.25, 0.3) is 0 Å². The lowest BCUT2D eigenvalue weighted by atomic mass is 9.59. The Morgan fingerprint density at radius 2 is 1.73 bits per heavy atom. The smallest absolute Gasteiger partial charge is 0.234 e. The van der Waals surface area contributed by atoms with Crippen molar-refractivity contribution in [1.29, 1.82) is 0 Å². The van der Waals surface area contributed by atoms with Crippen molar-refractivity contribution >= 4 is 39.3 Å². The van der Waals surface area contributed by atoms with Gasteiger partial charge in [-0.1, -0.05) is 48.0 Å². The molecule has 1 N–H and O–H groups in total. The van der Waals surface area contributed by atoms with Crippen LogP contribution in [0.5, 0.6) is 11.5 Å². The molecule has 1 saturated heterocycles. The van der Waals surface area contributed by atoms with Crippen molar-refractivity contribution in [1.82, 2.24) is 4.90 Å². The number of hydrogen-bond acceptors (Lipinski definition) is 6. The second-order valence-electron chi connectivity index (χ2n) is 12.1. The number of likely N-dealkylation sites (tertiary alicyclic amines) is 1. The summed E-state index contributed by atoms with van der Waals surface area (Å²) in [6.45, 7) is 5.83. The van der Waals surface area contributed by atoms with Crippen LogP contribution in [0.3, 0.4) is 0 Å².